The van der Waals surface area contributed by atoms with Crippen LogP contribution in [0.15, 0.2) is 0 Å². The van der Waals surface area contributed by atoms with Crippen molar-refractivity contribution >= 4 is 11.9 Å². The molecule has 2 heterocycles. The molecule has 0 radical (unpaired) electrons. The quantitative estimate of drug-likeness (QED) is 0.848. The predicted octanol–water partition coefficient (Wildman–Crippen LogP) is 0.759. The molecule has 0 saturated carbocycles. The van der Waals surface area contributed by atoms with Crippen molar-refractivity contribution in [2.75, 3.05) is 13.1 Å². The van der Waals surface area contributed by atoms with E-state index >= 15 is 0 Å². The van der Waals surface area contributed by atoms with E-state index in [1.807, 2.05) is 6.92 Å². The smallest absolute Gasteiger partial charge is 0.311 e. The lowest BCUT2D eigenvalue weighted by atomic mass is 9.77. The van der Waals surface area contributed by atoms with E-state index in [0.717, 1.165) is 6.42 Å². The molecule has 1 aliphatic heterocycles. The number of carbonyl (C=O) groups is 2. The molecule has 1 unspecified atom stereocenters. The van der Waals surface area contributed by atoms with E-state index in [2.05, 4.69) is 15.2 Å². The molecule has 2 N–H and O–H groups in total. The first-order valence-electron chi connectivity index (χ1n) is 6.86. The number of H-pyrrole nitrogens is 1. The number of hydrogen-bond acceptors (Lipinski definition) is 4. The van der Waals surface area contributed by atoms with E-state index in [9.17, 15) is 14.7 Å². The zero-order valence-electron chi connectivity index (χ0n) is 11.8. The fourth-order valence-electron chi connectivity index (χ4n) is 2.67. The van der Waals surface area contributed by atoms with Crippen molar-refractivity contribution in [2.45, 2.75) is 39.5 Å². The summed E-state index contributed by atoms with van der Waals surface area (Å²) in [5.74, 6) is 0.199. The monoisotopic (exact) mass is 280 g/mol. The zero-order chi connectivity index (χ0) is 14.8. The predicted molar refractivity (Wildman–Crippen MR) is 71.0 cm³/mol. The van der Waals surface area contributed by atoms with Crippen LogP contribution in [0, 0.1) is 12.3 Å². The summed E-state index contributed by atoms with van der Waals surface area (Å²) in [7, 11) is 0. The molecule has 0 spiro atoms. The Morgan fingerprint density at radius 1 is 1.50 bits per heavy atom. The number of carbonyl (C=O) groups excluding carboxylic acids is 1. The standard InChI is InChI=1S/C13H20N4O3/c1-3-13(12(19)20)5-4-6-17(8-13)11(18)7-10-14-9(2)15-16-10/h3-8H2,1-2H3,(H,19,20)(H,14,15,16). The van der Waals surface area contributed by atoms with Gasteiger partial charge in [-0.3, -0.25) is 14.7 Å². The summed E-state index contributed by atoms with van der Waals surface area (Å²) in [5.41, 5.74) is -0.803. The summed E-state index contributed by atoms with van der Waals surface area (Å²) in [6.45, 7) is 4.52. The molecule has 0 aliphatic carbocycles. The van der Waals surface area contributed by atoms with Gasteiger partial charge in [-0.15, -0.1) is 0 Å². The molecule has 0 aromatic carbocycles. The van der Waals surface area contributed by atoms with Crippen molar-refractivity contribution in [3.05, 3.63) is 11.6 Å². The minimum Gasteiger partial charge on any atom is -0.481 e. The van der Waals surface area contributed by atoms with Crippen LogP contribution in [0.25, 0.3) is 0 Å². The highest BCUT2D eigenvalue weighted by Crippen LogP contribution is 2.33. The molecular formula is C13H20N4O3. The van der Waals surface area contributed by atoms with Crippen LogP contribution in [-0.2, 0) is 16.0 Å². The Kier molecular flexibility index (Phi) is 4.06. The van der Waals surface area contributed by atoms with Crippen LogP contribution >= 0.6 is 0 Å². The van der Waals surface area contributed by atoms with E-state index in [-0.39, 0.29) is 18.9 Å². The van der Waals surface area contributed by atoms with Crippen LogP contribution < -0.4 is 0 Å². The van der Waals surface area contributed by atoms with Gasteiger partial charge in [0, 0.05) is 13.1 Å². The van der Waals surface area contributed by atoms with Crippen molar-refractivity contribution in [2.24, 2.45) is 5.41 Å². The van der Waals surface area contributed by atoms with Crippen LogP contribution in [0.2, 0.25) is 0 Å². The second-order valence-electron chi connectivity index (χ2n) is 5.37. The highest BCUT2D eigenvalue weighted by atomic mass is 16.4. The Morgan fingerprint density at radius 2 is 2.25 bits per heavy atom. The average Bonchev–Trinajstić information content (AvgIpc) is 2.83. The molecule has 2 rings (SSSR count). The van der Waals surface area contributed by atoms with Gasteiger partial charge in [0.05, 0.1) is 11.8 Å². The molecule has 1 aliphatic rings. The number of aromatic amines is 1. The summed E-state index contributed by atoms with van der Waals surface area (Å²) >= 11 is 0. The zero-order valence-corrected chi connectivity index (χ0v) is 11.8. The Balaban J connectivity index is 2.05. The summed E-state index contributed by atoms with van der Waals surface area (Å²) in [4.78, 5) is 29.5. The number of nitrogens with zero attached hydrogens (tertiary/aromatic N) is 3. The number of hydrogen-bond donors (Lipinski definition) is 2. The van der Waals surface area contributed by atoms with Gasteiger partial charge in [0.25, 0.3) is 0 Å². The van der Waals surface area contributed by atoms with Crippen molar-refractivity contribution in [3.8, 4) is 0 Å². The maximum atomic E-state index is 12.2. The normalized spacial score (nSPS) is 22.8. The fourth-order valence-corrected chi connectivity index (χ4v) is 2.67. The van der Waals surface area contributed by atoms with Gasteiger partial charge < -0.3 is 10.0 Å². The molecule has 1 aromatic heterocycles. The lowest BCUT2D eigenvalue weighted by Crippen LogP contribution is -2.50. The topological polar surface area (TPSA) is 99.2 Å². The van der Waals surface area contributed by atoms with E-state index in [4.69, 9.17) is 0 Å². The summed E-state index contributed by atoms with van der Waals surface area (Å²) in [6, 6.07) is 0. The van der Waals surface area contributed by atoms with Crippen molar-refractivity contribution in [1.29, 1.82) is 0 Å². The molecule has 0 bridgehead atoms. The summed E-state index contributed by atoms with van der Waals surface area (Å²) in [5, 5.41) is 16.1. The van der Waals surface area contributed by atoms with Crippen LogP contribution in [-0.4, -0.2) is 50.2 Å². The molecular weight excluding hydrogens is 260 g/mol. The first-order chi connectivity index (χ1) is 9.47. The van der Waals surface area contributed by atoms with E-state index < -0.39 is 11.4 Å². The van der Waals surface area contributed by atoms with Crippen LogP contribution in [0.3, 0.4) is 0 Å². The number of piperidine rings is 1. The van der Waals surface area contributed by atoms with E-state index in [1.165, 1.54) is 0 Å². The lowest BCUT2D eigenvalue weighted by Gasteiger charge is -2.39. The number of likely N-dealkylation sites (tertiary alicyclic amines) is 1. The third-order valence-corrected chi connectivity index (χ3v) is 4.01. The number of aromatic nitrogens is 3. The van der Waals surface area contributed by atoms with Gasteiger partial charge in [0.15, 0.2) is 5.82 Å². The number of carboxylic acids is 1. The Morgan fingerprint density at radius 3 is 2.80 bits per heavy atom. The minimum absolute atomic E-state index is 0.109. The van der Waals surface area contributed by atoms with Gasteiger partial charge in [-0.1, -0.05) is 6.92 Å². The molecule has 110 valence electrons. The summed E-state index contributed by atoms with van der Waals surface area (Å²) in [6.07, 6.45) is 2.00. The molecule has 1 amide bonds. The number of aryl methyl sites for hydroxylation is 1. The number of aliphatic carboxylic acids is 1. The van der Waals surface area contributed by atoms with Crippen molar-refractivity contribution in [1.82, 2.24) is 20.1 Å². The Labute approximate surface area is 117 Å². The first-order valence-corrected chi connectivity index (χ1v) is 6.86. The van der Waals surface area contributed by atoms with E-state index in [0.29, 0.717) is 31.0 Å². The van der Waals surface area contributed by atoms with Crippen LogP contribution in [0.4, 0.5) is 0 Å². The third kappa shape index (κ3) is 2.81. The van der Waals surface area contributed by atoms with Gasteiger partial charge in [-0.25, -0.2) is 4.98 Å². The van der Waals surface area contributed by atoms with Crippen LogP contribution in [0.5, 0.6) is 0 Å². The molecule has 1 aromatic rings. The molecule has 7 heteroatoms. The lowest BCUT2D eigenvalue weighted by molar-refractivity contribution is -0.155. The molecule has 1 atom stereocenters. The Hall–Kier alpha value is -1.92. The van der Waals surface area contributed by atoms with Gasteiger partial charge in [-0.2, -0.15) is 5.10 Å². The van der Waals surface area contributed by atoms with Gasteiger partial charge in [0.1, 0.15) is 5.82 Å². The number of carboxylic acid groups (broad SMARTS) is 1. The minimum atomic E-state index is -0.814. The van der Waals surface area contributed by atoms with Crippen molar-refractivity contribution in [3.63, 3.8) is 0 Å². The first kappa shape index (κ1) is 14.5. The highest BCUT2D eigenvalue weighted by Gasteiger charge is 2.42. The van der Waals surface area contributed by atoms with Crippen LogP contribution in [0.1, 0.15) is 37.8 Å². The van der Waals surface area contributed by atoms with Gasteiger partial charge in [-0.05, 0) is 26.2 Å². The highest BCUT2D eigenvalue weighted by molar-refractivity contribution is 5.80. The maximum Gasteiger partial charge on any atom is 0.311 e. The SMILES string of the molecule is CCC1(C(=O)O)CCCN(C(=O)Cc2n[nH]c(C)n2)C1. The Bertz CT molecular complexity index is 513. The van der Waals surface area contributed by atoms with E-state index in [1.54, 1.807) is 11.8 Å². The molecule has 1 fully saturated rings. The molecule has 7 nitrogen and oxygen atoms in total. The third-order valence-electron chi connectivity index (χ3n) is 4.01. The number of amides is 1. The summed E-state index contributed by atoms with van der Waals surface area (Å²) < 4.78 is 0. The largest absolute Gasteiger partial charge is 0.481 e. The van der Waals surface area contributed by atoms with Gasteiger partial charge >= 0.3 is 5.97 Å². The molecule has 20 heavy (non-hydrogen) atoms. The number of rotatable bonds is 4. The maximum absolute atomic E-state index is 12.2. The second-order valence-corrected chi connectivity index (χ2v) is 5.37. The second kappa shape index (κ2) is 5.60. The van der Waals surface area contributed by atoms with Gasteiger partial charge in [0.2, 0.25) is 5.91 Å². The fraction of sp³-hybridized carbons (Fsp3) is 0.692. The molecule has 1 saturated heterocycles. The average molecular weight is 280 g/mol. The van der Waals surface area contributed by atoms with Crippen molar-refractivity contribution < 1.29 is 14.7 Å². The number of nitrogens with one attached hydrogen (secondary N) is 1.